The number of anilines is 2. The van der Waals surface area contributed by atoms with Crippen molar-refractivity contribution < 1.29 is 22.7 Å². The number of hydrogen-bond acceptors (Lipinski definition) is 6. The van der Waals surface area contributed by atoms with Crippen LogP contribution in [0.2, 0.25) is 5.02 Å². The van der Waals surface area contributed by atoms with Crippen molar-refractivity contribution in [3.8, 4) is 5.75 Å². The number of carbonyl (C=O) groups is 2. The maximum Gasteiger partial charge on any atom is 0.264 e. The lowest BCUT2D eigenvalue weighted by Crippen LogP contribution is -2.39. The van der Waals surface area contributed by atoms with E-state index in [0.717, 1.165) is 15.4 Å². The van der Waals surface area contributed by atoms with Crippen LogP contribution in [0.5, 0.6) is 5.75 Å². The highest BCUT2D eigenvalue weighted by molar-refractivity contribution is 7.92. The van der Waals surface area contributed by atoms with Gasteiger partial charge in [0.05, 0.1) is 16.8 Å². The summed E-state index contributed by atoms with van der Waals surface area (Å²) in [5.41, 5.74) is 5.94. The molecule has 42 heavy (non-hydrogen) atoms. The predicted octanol–water partition coefficient (Wildman–Crippen LogP) is 5.32. The number of amides is 2. The molecule has 0 fully saturated rings. The molecule has 0 saturated carbocycles. The molecule has 4 rings (SSSR count). The molecule has 216 valence electrons. The number of hydrogen-bond donors (Lipinski definition) is 2. The average Bonchev–Trinajstić information content (AvgIpc) is 2.97. The Kier molecular flexibility index (Phi) is 9.95. The fraction of sp³-hybridized carbons (Fsp3) is 0.129. The molecule has 0 aliphatic heterocycles. The monoisotopic (exact) mass is 604 g/mol. The van der Waals surface area contributed by atoms with Crippen LogP contribution in [0.25, 0.3) is 0 Å². The van der Waals surface area contributed by atoms with E-state index >= 15 is 0 Å². The summed E-state index contributed by atoms with van der Waals surface area (Å²) < 4.78 is 33.4. The summed E-state index contributed by atoms with van der Waals surface area (Å²) >= 11 is 6.10. The SMILES string of the molecule is Cc1ccc(NC(=O)COc2ccc(/C=N\NC(=O)CN(c3cccc(Cl)c3)S(=O)(=O)c3ccc(C)cc3)cc2)cc1. The number of benzene rings is 4. The molecule has 0 saturated heterocycles. The fourth-order valence-corrected chi connectivity index (χ4v) is 5.36. The number of hydrazone groups is 1. The van der Waals surface area contributed by atoms with Gasteiger partial charge in [-0.2, -0.15) is 5.10 Å². The normalized spacial score (nSPS) is 11.2. The topological polar surface area (TPSA) is 117 Å². The fourth-order valence-electron chi connectivity index (χ4n) is 3.76. The largest absolute Gasteiger partial charge is 0.484 e. The van der Waals surface area contributed by atoms with Gasteiger partial charge in [0.1, 0.15) is 12.3 Å². The molecule has 0 aliphatic rings. The Morgan fingerprint density at radius 3 is 2.17 bits per heavy atom. The molecule has 0 heterocycles. The Labute approximate surface area is 249 Å². The van der Waals surface area contributed by atoms with Crippen molar-refractivity contribution in [1.82, 2.24) is 5.43 Å². The standard InChI is InChI=1S/C31H29ClN4O5S/c1-22-6-12-26(13-7-22)34-31(38)21-41-28-14-10-24(11-15-28)19-33-35-30(37)20-36(27-5-3-4-25(32)18-27)42(39,40)29-16-8-23(2)9-17-29/h3-19H,20-21H2,1-2H3,(H,34,38)(H,35,37)/b33-19-. The Morgan fingerprint density at radius 2 is 1.52 bits per heavy atom. The Balaban J connectivity index is 1.35. The molecule has 2 N–H and O–H groups in total. The Hall–Kier alpha value is -4.67. The van der Waals surface area contributed by atoms with E-state index in [0.29, 0.717) is 22.0 Å². The lowest BCUT2D eigenvalue weighted by atomic mass is 10.2. The van der Waals surface area contributed by atoms with Gasteiger partial charge in [-0.15, -0.1) is 0 Å². The van der Waals surface area contributed by atoms with Crippen molar-refractivity contribution in [2.75, 3.05) is 22.8 Å². The van der Waals surface area contributed by atoms with Crippen LogP contribution >= 0.6 is 11.6 Å². The Bertz CT molecular complexity index is 1670. The average molecular weight is 605 g/mol. The van der Waals surface area contributed by atoms with Gasteiger partial charge in [-0.1, -0.05) is 53.1 Å². The number of sulfonamides is 1. The first kappa shape index (κ1) is 30.3. The van der Waals surface area contributed by atoms with Crippen LogP contribution in [0, 0.1) is 13.8 Å². The zero-order chi connectivity index (χ0) is 30.1. The summed E-state index contributed by atoms with van der Waals surface area (Å²) in [6.45, 7) is 3.13. The maximum absolute atomic E-state index is 13.4. The van der Waals surface area contributed by atoms with E-state index in [1.54, 1.807) is 54.6 Å². The van der Waals surface area contributed by atoms with Gasteiger partial charge in [0.2, 0.25) is 0 Å². The minimum Gasteiger partial charge on any atom is -0.484 e. The van der Waals surface area contributed by atoms with Gasteiger partial charge in [-0.05, 0) is 86.1 Å². The number of aryl methyl sites for hydroxylation is 2. The summed E-state index contributed by atoms with van der Waals surface area (Å²) in [5, 5.41) is 7.04. The van der Waals surface area contributed by atoms with E-state index in [9.17, 15) is 18.0 Å². The first-order valence-corrected chi connectivity index (χ1v) is 14.7. The van der Waals surface area contributed by atoms with E-state index in [-0.39, 0.29) is 23.1 Å². The summed E-state index contributed by atoms with van der Waals surface area (Å²) in [6.07, 6.45) is 1.41. The molecule has 9 nitrogen and oxygen atoms in total. The molecule has 0 aromatic heterocycles. The highest BCUT2D eigenvalue weighted by atomic mass is 35.5. The van der Waals surface area contributed by atoms with E-state index in [2.05, 4.69) is 15.8 Å². The van der Waals surface area contributed by atoms with Gasteiger partial charge in [0.15, 0.2) is 6.61 Å². The lowest BCUT2D eigenvalue weighted by molar-refractivity contribution is -0.119. The van der Waals surface area contributed by atoms with Crippen LogP contribution in [-0.2, 0) is 19.6 Å². The summed E-state index contributed by atoms with van der Waals surface area (Å²) in [6, 6.07) is 26.8. The molecule has 2 amide bonds. The molecule has 4 aromatic rings. The predicted molar refractivity (Wildman–Crippen MR) is 165 cm³/mol. The van der Waals surface area contributed by atoms with Crippen molar-refractivity contribution >= 4 is 51.0 Å². The number of halogens is 1. The first-order chi connectivity index (χ1) is 20.1. The highest BCUT2D eigenvalue weighted by Gasteiger charge is 2.27. The molecule has 4 aromatic carbocycles. The van der Waals surface area contributed by atoms with Crippen LogP contribution in [0.1, 0.15) is 16.7 Å². The third-order valence-electron chi connectivity index (χ3n) is 5.98. The second kappa shape index (κ2) is 13.8. The first-order valence-electron chi connectivity index (χ1n) is 12.9. The number of rotatable bonds is 11. The van der Waals surface area contributed by atoms with Gasteiger partial charge in [0.25, 0.3) is 21.8 Å². The lowest BCUT2D eigenvalue weighted by Gasteiger charge is -2.24. The van der Waals surface area contributed by atoms with Crippen LogP contribution in [-0.4, -0.2) is 39.6 Å². The zero-order valence-corrected chi connectivity index (χ0v) is 24.5. The second-order valence-electron chi connectivity index (χ2n) is 9.37. The van der Waals surface area contributed by atoms with Gasteiger partial charge >= 0.3 is 0 Å². The summed E-state index contributed by atoms with van der Waals surface area (Å²) in [5.74, 6) is -0.460. The molecule has 0 spiro atoms. The van der Waals surface area contributed by atoms with Crippen LogP contribution in [0.15, 0.2) is 107 Å². The molecule has 11 heteroatoms. The Morgan fingerprint density at radius 1 is 0.881 bits per heavy atom. The number of nitrogens with zero attached hydrogens (tertiary/aromatic N) is 2. The molecule has 0 atom stereocenters. The molecule has 0 aliphatic carbocycles. The summed E-state index contributed by atoms with van der Waals surface area (Å²) in [7, 11) is -4.08. The maximum atomic E-state index is 13.4. The minimum atomic E-state index is -4.08. The molecule has 0 bridgehead atoms. The van der Waals surface area contributed by atoms with E-state index < -0.39 is 22.5 Å². The van der Waals surface area contributed by atoms with Crippen molar-refractivity contribution in [3.63, 3.8) is 0 Å². The van der Waals surface area contributed by atoms with Crippen molar-refractivity contribution in [2.24, 2.45) is 5.10 Å². The van der Waals surface area contributed by atoms with Crippen molar-refractivity contribution in [1.29, 1.82) is 0 Å². The van der Waals surface area contributed by atoms with E-state index in [4.69, 9.17) is 16.3 Å². The molecular formula is C31H29ClN4O5S. The zero-order valence-electron chi connectivity index (χ0n) is 23.0. The van der Waals surface area contributed by atoms with Gasteiger partial charge in [0, 0.05) is 10.7 Å². The van der Waals surface area contributed by atoms with Gasteiger partial charge in [-0.3, -0.25) is 13.9 Å². The summed E-state index contributed by atoms with van der Waals surface area (Å²) in [4.78, 5) is 24.9. The molecule has 0 radical (unpaired) electrons. The van der Waals surface area contributed by atoms with Crippen molar-refractivity contribution in [3.05, 3.63) is 119 Å². The van der Waals surface area contributed by atoms with Crippen molar-refractivity contribution in [2.45, 2.75) is 18.7 Å². The molecular weight excluding hydrogens is 576 g/mol. The van der Waals surface area contributed by atoms with Gasteiger partial charge in [-0.25, -0.2) is 13.8 Å². The second-order valence-corrected chi connectivity index (χ2v) is 11.7. The minimum absolute atomic E-state index is 0.0410. The third-order valence-corrected chi connectivity index (χ3v) is 8.00. The smallest absolute Gasteiger partial charge is 0.264 e. The number of carbonyl (C=O) groups excluding carboxylic acids is 2. The van der Waals surface area contributed by atoms with Crippen LogP contribution < -0.4 is 19.8 Å². The quantitative estimate of drug-likeness (QED) is 0.177. The van der Waals surface area contributed by atoms with Crippen LogP contribution in [0.3, 0.4) is 0 Å². The molecule has 0 unspecified atom stereocenters. The van der Waals surface area contributed by atoms with E-state index in [1.165, 1.54) is 24.4 Å². The number of ether oxygens (including phenoxy) is 1. The van der Waals surface area contributed by atoms with E-state index in [1.807, 2.05) is 38.1 Å². The third kappa shape index (κ3) is 8.42. The highest BCUT2D eigenvalue weighted by Crippen LogP contribution is 2.26. The van der Waals surface area contributed by atoms with Gasteiger partial charge < -0.3 is 10.1 Å². The van der Waals surface area contributed by atoms with Crippen LogP contribution in [0.4, 0.5) is 11.4 Å². The number of nitrogens with one attached hydrogen (secondary N) is 2.